The lowest BCUT2D eigenvalue weighted by molar-refractivity contribution is 0.0952. The highest BCUT2D eigenvalue weighted by molar-refractivity contribution is 6.13. The van der Waals surface area contributed by atoms with E-state index >= 15 is 0 Å². The van der Waals surface area contributed by atoms with Gasteiger partial charge in [0.25, 0.3) is 5.91 Å². The van der Waals surface area contributed by atoms with Gasteiger partial charge in [-0.05, 0) is 12.1 Å². The van der Waals surface area contributed by atoms with E-state index < -0.39 is 0 Å². The number of pyridine rings is 1. The Morgan fingerprint density at radius 3 is 2.94 bits per heavy atom. The van der Waals surface area contributed by atoms with E-state index in [0.29, 0.717) is 11.2 Å². The van der Waals surface area contributed by atoms with Crippen LogP contribution in [0.2, 0.25) is 0 Å². The smallest absolute Gasteiger partial charge is 0.292 e. The molecule has 0 aliphatic rings. The van der Waals surface area contributed by atoms with Gasteiger partial charge in [0.05, 0.1) is 5.52 Å². The summed E-state index contributed by atoms with van der Waals surface area (Å²) in [5.74, 6) is -0.373. The second-order valence-electron chi connectivity index (χ2n) is 3.85. The number of fused-ring (bicyclic) bond motifs is 3. The maximum absolute atomic E-state index is 11.8. The Hall–Kier alpha value is -2.69. The van der Waals surface area contributed by atoms with E-state index in [1.165, 1.54) is 0 Å². The maximum atomic E-state index is 11.8. The zero-order valence-electron chi connectivity index (χ0n) is 9.47. The first kappa shape index (κ1) is 10.5. The van der Waals surface area contributed by atoms with E-state index in [1.54, 1.807) is 6.20 Å². The third kappa shape index (κ3) is 1.45. The van der Waals surface area contributed by atoms with Crippen LogP contribution in [0.3, 0.4) is 0 Å². The molecule has 3 aromatic rings. The lowest BCUT2D eigenvalue weighted by Gasteiger charge is -1.99. The first-order chi connectivity index (χ1) is 8.81. The van der Waals surface area contributed by atoms with E-state index in [2.05, 4.69) is 27.2 Å². The summed E-state index contributed by atoms with van der Waals surface area (Å²) in [5.41, 5.74) is 4.29. The van der Waals surface area contributed by atoms with Crippen molar-refractivity contribution in [1.82, 2.24) is 15.4 Å². The fourth-order valence-corrected chi connectivity index (χ4v) is 2.07. The average Bonchev–Trinajstić information content (AvgIpc) is 2.77. The molecule has 18 heavy (non-hydrogen) atoms. The van der Waals surface area contributed by atoms with Gasteiger partial charge in [0.2, 0.25) is 0 Å². The minimum Gasteiger partial charge on any atom is -0.353 e. The Morgan fingerprint density at radius 1 is 1.28 bits per heavy atom. The van der Waals surface area contributed by atoms with Crippen molar-refractivity contribution in [3.63, 3.8) is 0 Å². The second-order valence-corrected chi connectivity index (χ2v) is 3.85. The van der Waals surface area contributed by atoms with Crippen LogP contribution in [0.1, 0.15) is 10.5 Å². The number of benzene rings is 1. The minimum atomic E-state index is -0.373. The van der Waals surface area contributed by atoms with Crippen LogP contribution in [0.15, 0.2) is 41.6 Å². The van der Waals surface area contributed by atoms with Crippen molar-refractivity contribution in [3.05, 3.63) is 42.2 Å². The van der Waals surface area contributed by atoms with Gasteiger partial charge in [-0.15, -0.1) is 0 Å². The van der Waals surface area contributed by atoms with Crippen LogP contribution in [-0.2, 0) is 0 Å². The van der Waals surface area contributed by atoms with Gasteiger partial charge < -0.3 is 4.98 Å². The van der Waals surface area contributed by atoms with Gasteiger partial charge in [0.15, 0.2) is 5.69 Å². The number of H-pyrrole nitrogens is 1. The predicted molar refractivity (Wildman–Crippen MR) is 70.6 cm³/mol. The van der Waals surface area contributed by atoms with Crippen LogP contribution in [0, 0.1) is 0 Å². The molecule has 88 valence electrons. The average molecular weight is 238 g/mol. The van der Waals surface area contributed by atoms with Crippen LogP contribution >= 0.6 is 0 Å². The van der Waals surface area contributed by atoms with Crippen molar-refractivity contribution in [2.24, 2.45) is 5.10 Å². The number of nitrogens with zero attached hydrogens (tertiary/aromatic N) is 2. The molecule has 0 saturated heterocycles. The molecule has 1 amide bonds. The molecule has 0 fully saturated rings. The van der Waals surface area contributed by atoms with Crippen LogP contribution in [0.4, 0.5) is 0 Å². The number of carbonyl (C=O) groups excluding carboxylic acids is 1. The highest BCUT2D eigenvalue weighted by Crippen LogP contribution is 2.26. The lowest BCUT2D eigenvalue weighted by atomic mass is 10.1. The molecule has 0 spiro atoms. The van der Waals surface area contributed by atoms with E-state index in [0.717, 1.165) is 16.3 Å². The molecule has 5 nitrogen and oxygen atoms in total. The number of rotatable bonds is 2. The molecule has 0 saturated carbocycles. The second kappa shape index (κ2) is 3.96. The number of hydrazone groups is 1. The molecular weight excluding hydrogens is 228 g/mol. The molecule has 0 bridgehead atoms. The third-order valence-electron chi connectivity index (χ3n) is 2.82. The maximum Gasteiger partial charge on any atom is 0.292 e. The molecular formula is C13H10N4O. The fraction of sp³-hybridized carbons (Fsp3) is 0. The number of amides is 1. The Labute approximate surface area is 103 Å². The van der Waals surface area contributed by atoms with Gasteiger partial charge in [-0.3, -0.25) is 4.79 Å². The normalized spacial score (nSPS) is 10.7. The first-order valence-corrected chi connectivity index (χ1v) is 5.43. The van der Waals surface area contributed by atoms with Crippen molar-refractivity contribution in [3.8, 4) is 0 Å². The number of hydrogen-bond donors (Lipinski definition) is 2. The van der Waals surface area contributed by atoms with E-state index in [4.69, 9.17) is 0 Å². The van der Waals surface area contributed by atoms with Crippen molar-refractivity contribution in [1.29, 1.82) is 0 Å². The molecule has 3 rings (SSSR count). The van der Waals surface area contributed by atoms with Crippen LogP contribution in [0.5, 0.6) is 0 Å². The standard InChI is InChI=1S/C13H10N4O/c1-14-17-13(18)12-11-9(6-7-15-12)8-4-2-3-5-10(8)16-11/h2-7,16H,1H2,(H,17,18). The summed E-state index contributed by atoms with van der Waals surface area (Å²) >= 11 is 0. The van der Waals surface area contributed by atoms with E-state index in [1.807, 2.05) is 30.3 Å². The summed E-state index contributed by atoms with van der Waals surface area (Å²) in [7, 11) is 0. The van der Waals surface area contributed by atoms with Gasteiger partial charge in [-0.25, -0.2) is 10.4 Å². The quantitative estimate of drug-likeness (QED) is 0.530. The van der Waals surface area contributed by atoms with Gasteiger partial charge in [-0.2, -0.15) is 5.10 Å². The van der Waals surface area contributed by atoms with Crippen LogP contribution in [-0.4, -0.2) is 22.6 Å². The lowest BCUT2D eigenvalue weighted by Crippen LogP contribution is -2.18. The summed E-state index contributed by atoms with van der Waals surface area (Å²) in [6, 6.07) is 9.74. The number of nitrogens with one attached hydrogen (secondary N) is 2. The number of hydrogen-bond acceptors (Lipinski definition) is 3. The molecule has 2 aromatic heterocycles. The number of aromatic nitrogens is 2. The Morgan fingerprint density at radius 2 is 2.11 bits per heavy atom. The van der Waals surface area contributed by atoms with E-state index in [-0.39, 0.29) is 5.91 Å². The highest BCUT2D eigenvalue weighted by atomic mass is 16.2. The largest absolute Gasteiger partial charge is 0.353 e. The fourth-order valence-electron chi connectivity index (χ4n) is 2.07. The summed E-state index contributed by atoms with van der Waals surface area (Å²) in [4.78, 5) is 19.1. The Bertz CT molecular complexity index is 760. The molecule has 0 aliphatic heterocycles. The zero-order valence-corrected chi connectivity index (χ0v) is 9.47. The highest BCUT2D eigenvalue weighted by Gasteiger charge is 2.14. The van der Waals surface area contributed by atoms with Gasteiger partial charge >= 0.3 is 0 Å². The van der Waals surface area contributed by atoms with Crippen LogP contribution in [0.25, 0.3) is 21.8 Å². The summed E-state index contributed by atoms with van der Waals surface area (Å²) in [6.07, 6.45) is 1.61. The van der Waals surface area contributed by atoms with Crippen molar-refractivity contribution in [2.45, 2.75) is 0 Å². The summed E-state index contributed by atoms with van der Waals surface area (Å²) in [6.45, 7) is 3.23. The molecule has 0 radical (unpaired) electrons. The van der Waals surface area contributed by atoms with E-state index in [9.17, 15) is 4.79 Å². The number of para-hydroxylation sites is 1. The first-order valence-electron chi connectivity index (χ1n) is 5.43. The van der Waals surface area contributed by atoms with Gasteiger partial charge in [0.1, 0.15) is 0 Å². The van der Waals surface area contributed by atoms with Crippen LogP contribution < -0.4 is 5.43 Å². The SMILES string of the molecule is C=NNC(=O)c1nccc2c1[nH]c1ccccc12. The molecule has 0 aliphatic carbocycles. The molecule has 2 heterocycles. The van der Waals surface area contributed by atoms with Crippen molar-refractivity contribution in [2.75, 3.05) is 0 Å². The summed E-state index contributed by atoms with van der Waals surface area (Å²) in [5, 5.41) is 5.40. The van der Waals surface area contributed by atoms with Gasteiger partial charge in [0, 0.05) is 29.2 Å². The molecule has 5 heteroatoms. The third-order valence-corrected chi connectivity index (χ3v) is 2.82. The zero-order chi connectivity index (χ0) is 12.5. The predicted octanol–water partition coefficient (Wildman–Crippen LogP) is 2.06. The summed E-state index contributed by atoms with van der Waals surface area (Å²) < 4.78 is 0. The number of aromatic amines is 1. The van der Waals surface area contributed by atoms with Gasteiger partial charge in [-0.1, -0.05) is 18.2 Å². The molecule has 0 atom stereocenters. The molecule has 0 unspecified atom stereocenters. The Balaban J connectivity index is 2.34. The number of carbonyl (C=O) groups is 1. The monoisotopic (exact) mass is 238 g/mol. The van der Waals surface area contributed by atoms with Crippen molar-refractivity contribution >= 4 is 34.4 Å². The molecule has 2 N–H and O–H groups in total. The topological polar surface area (TPSA) is 70.1 Å². The molecule has 1 aromatic carbocycles. The minimum absolute atomic E-state index is 0.316. The van der Waals surface area contributed by atoms with Crippen molar-refractivity contribution < 1.29 is 4.79 Å². The Kier molecular flexibility index (Phi) is 2.30.